The number of halogens is 1. The van der Waals surface area contributed by atoms with Crippen LogP contribution in [0, 0.1) is 11.3 Å². The minimum absolute atomic E-state index is 0.0842. The van der Waals surface area contributed by atoms with Crippen LogP contribution in [0.15, 0.2) is 24.3 Å². The van der Waals surface area contributed by atoms with Gasteiger partial charge in [0.15, 0.2) is 0 Å². The van der Waals surface area contributed by atoms with Crippen LogP contribution in [-0.2, 0) is 0 Å². The highest BCUT2D eigenvalue weighted by Crippen LogP contribution is 2.27. The molecule has 0 aliphatic carbocycles. The first-order valence-electron chi connectivity index (χ1n) is 8.04. The summed E-state index contributed by atoms with van der Waals surface area (Å²) in [6.07, 6.45) is 0. The van der Waals surface area contributed by atoms with Crippen molar-refractivity contribution in [3.63, 3.8) is 0 Å². The van der Waals surface area contributed by atoms with Gasteiger partial charge in [-0.2, -0.15) is 5.26 Å². The third kappa shape index (κ3) is 3.95. The van der Waals surface area contributed by atoms with E-state index in [9.17, 15) is 10.1 Å². The Bertz CT molecular complexity index is 574. The normalized spacial score (nSPS) is 16.7. The van der Waals surface area contributed by atoms with Crippen molar-refractivity contribution in [2.75, 3.05) is 39.3 Å². The first-order chi connectivity index (χ1) is 11.1. The zero-order valence-corrected chi connectivity index (χ0v) is 14.5. The number of piperazine rings is 1. The molecule has 1 aliphatic rings. The first-order valence-corrected chi connectivity index (χ1v) is 8.42. The van der Waals surface area contributed by atoms with Gasteiger partial charge >= 0.3 is 6.03 Å². The van der Waals surface area contributed by atoms with Gasteiger partial charge in [0, 0.05) is 49.9 Å². The van der Waals surface area contributed by atoms with Crippen LogP contribution in [0.2, 0.25) is 5.02 Å². The Kier molecular flexibility index (Phi) is 6.26. The summed E-state index contributed by atoms with van der Waals surface area (Å²) in [6.45, 7) is 8.04. The lowest BCUT2D eigenvalue weighted by Crippen LogP contribution is -2.53. The SMILES string of the molecule is CCN(CC)C(=O)N1CCN(C(C#N)c2ccccc2Cl)CC1. The smallest absolute Gasteiger partial charge is 0.320 e. The summed E-state index contributed by atoms with van der Waals surface area (Å²) in [5.41, 5.74) is 0.834. The minimum atomic E-state index is -0.366. The van der Waals surface area contributed by atoms with Crippen molar-refractivity contribution in [1.29, 1.82) is 5.26 Å². The summed E-state index contributed by atoms with van der Waals surface area (Å²) >= 11 is 6.23. The number of nitrogens with zero attached hydrogens (tertiary/aromatic N) is 4. The van der Waals surface area contributed by atoms with Gasteiger partial charge in [0.1, 0.15) is 6.04 Å². The first kappa shape index (κ1) is 17.6. The quantitative estimate of drug-likeness (QED) is 0.850. The van der Waals surface area contributed by atoms with Crippen LogP contribution in [-0.4, -0.2) is 60.0 Å². The summed E-state index contributed by atoms with van der Waals surface area (Å²) < 4.78 is 0. The molecule has 1 aromatic rings. The Morgan fingerprint density at radius 3 is 2.39 bits per heavy atom. The third-order valence-electron chi connectivity index (χ3n) is 4.31. The summed E-state index contributed by atoms with van der Waals surface area (Å²) in [6, 6.07) is 9.52. The lowest BCUT2D eigenvalue weighted by molar-refractivity contribution is 0.104. The fraction of sp³-hybridized carbons (Fsp3) is 0.529. The molecule has 2 rings (SSSR count). The molecule has 5 nitrogen and oxygen atoms in total. The van der Waals surface area contributed by atoms with Gasteiger partial charge in [-0.25, -0.2) is 4.79 Å². The van der Waals surface area contributed by atoms with Crippen LogP contribution in [0.4, 0.5) is 4.79 Å². The van der Waals surface area contributed by atoms with E-state index in [1.54, 1.807) is 6.07 Å². The van der Waals surface area contributed by atoms with Crippen LogP contribution in [0.5, 0.6) is 0 Å². The van der Waals surface area contributed by atoms with Crippen molar-refractivity contribution in [3.05, 3.63) is 34.9 Å². The third-order valence-corrected chi connectivity index (χ3v) is 4.65. The van der Waals surface area contributed by atoms with Crippen molar-refractivity contribution in [3.8, 4) is 6.07 Å². The lowest BCUT2D eigenvalue weighted by atomic mass is 10.1. The molecule has 1 heterocycles. The molecular formula is C17H23ClN4O. The maximum atomic E-state index is 12.4. The molecule has 1 fully saturated rings. The molecule has 0 saturated carbocycles. The van der Waals surface area contributed by atoms with E-state index in [0.717, 1.165) is 18.7 Å². The Morgan fingerprint density at radius 1 is 1.26 bits per heavy atom. The van der Waals surface area contributed by atoms with Gasteiger partial charge in [0.05, 0.1) is 6.07 Å². The van der Waals surface area contributed by atoms with Gasteiger partial charge in [0.2, 0.25) is 0 Å². The highest BCUT2D eigenvalue weighted by atomic mass is 35.5. The van der Waals surface area contributed by atoms with Crippen LogP contribution in [0.3, 0.4) is 0 Å². The van der Waals surface area contributed by atoms with E-state index >= 15 is 0 Å². The second kappa shape index (κ2) is 8.19. The average Bonchev–Trinajstić information content (AvgIpc) is 2.59. The topological polar surface area (TPSA) is 50.6 Å². The number of nitriles is 1. The van der Waals surface area contributed by atoms with Gasteiger partial charge in [0.25, 0.3) is 0 Å². The lowest BCUT2D eigenvalue weighted by Gasteiger charge is -2.39. The van der Waals surface area contributed by atoms with Crippen LogP contribution < -0.4 is 0 Å². The molecular weight excluding hydrogens is 312 g/mol. The molecule has 1 atom stereocenters. The number of benzene rings is 1. The highest BCUT2D eigenvalue weighted by Gasteiger charge is 2.29. The number of rotatable bonds is 4. The van der Waals surface area contributed by atoms with E-state index in [2.05, 4.69) is 11.0 Å². The largest absolute Gasteiger partial charge is 0.325 e. The zero-order valence-electron chi connectivity index (χ0n) is 13.7. The molecule has 1 saturated heterocycles. The molecule has 0 spiro atoms. The minimum Gasteiger partial charge on any atom is -0.325 e. The molecule has 6 heteroatoms. The van der Waals surface area contributed by atoms with Crippen molar-refractivity contribution in [2.45, 2.75) is 19.9 Å². The van der Waals surface area contributed by atoms with Gasteiger partial charge < -0.3 is 9.80 Å². The van der Waals surface area contributed by atoms with Crippen molar-refractivity contribution in [1.82, 2.24) is 14.7 Å². The van der Waals surface area contributed by atoms with Crippen LogP contribution >= 0.6 is 11.6 Å². The maximum Gasteiger partial charge on any atom is 0.320 e. The van der Waals surface area contributed by atoms with E-state index in [1.807, 2.05) is 41.8 Å². The van der Waals surface area contributed by atoms with E-state index in [4.69, 9.17) is 11.6 Å². The Balaban J connectivity index is 2.02. The van der Waals surface area contributed by atoms with Gasteiger partial charge in [-0.3, -0.25) is 4.90 Å². The van der Waals surface area contributed by atoms with E-state index in [-0.39, 0.29) is 12.1 Å². The zero-order chi connectivity index (χ0) is 16.8. The Morgan fingerprint density at radius 2 is 1.87 bits per heavy atom. The van der Waals surface area contributed by atoms with Gasteiger partial charge in [-0.15, -0.1) is 0 Å². The molecule has 124 valence electrons. The molecule has 0 N–H and O–H groups in total. The number of hydrogen-bond acceptors (Lipinski definition) is 3. The van der Waals surface area contributed by atoms with Gasteiger partial charge in [-0.1, -0.05) is 29.8 Å². The molecule has 1 aliphatic heterocycles. The number of carbonyl (C=O) groups is 1. The Labute approximate surface area is 143 Å². The summed E-state index contributed by atoms with van der Waals surface area (Å²) in [4.78, 5) is 18.2. The second-order valence-corrected chi connectivity index (χ2v) is 5.94. The number of urea groups is 1. The Hall–Kier alpha value is -1.77. The maximum absolute atomic E-state index is 12.4. The molecule has 1 aromatic carbocycles. The van der Waals surface area contributed by atoms with Crippen molar-refractivity contribution in [2.24, 2.45) is 0 Å². The molecule has 1 unspecified atom stereocenters. The van der Waals surface area contributed by atoms with E-state index in [0.29, 0.717) is 31.2 Å². The van der Waals surface area contributed by atoms with Crippen molar-refractivity contribution < 1.29 is 4.79 Å². The predicted molar refractivity (Wildman–Crippen MR) is 91.3 cm³/mol. The number of hydrogen-bond donors (Lipinski definition) is 0. The molecule has 2 amide bonds. The fourth-order valence-electron chi connectivity index (χ4n) is 2.91. The molecule has 0 radical (unpaired) electrons. The summed E-state index contributed by atoms with van der Waals surface area (Å²) in [5, 5.41) is 10.2. The standard InChI is InChI=1S/C17H23ClN4O/c1-3-20(4-2)17(23)22-11-9-21(10-12-22)16(13-19)14-7-5-6-8-15(14)18/h5-8,16H,3-4,9-12H2,1-2H3. The second-order valence-electron chi connectivity index (χ2n) is 5.53. The predicted octanol–water partition coefficient (Wildman–Crippen LogP) is 2.98. The summed E-state index contributed by atoms with van der Waals surface area (Å²) in [5.74, 6) is 0. The fourth-order valence-corrected chi connectivity index (χ4v) is 3.15. The number of carbonyl (C=O) groups excluding carboxylic acids is 1. The van der Waals surface area contributed by atoms with E-state index in [1.165, 1.54) is 0 Å². The molecule has 0 aromatic heterocycles. The van der Waals surface area contributed by atoms with Crippen LogP contribution in [0.1, 0.15) is 25.5 Å². The van der Waals surface area contributed by atoms with Crippen LogP contribution in [0.25, 0.3) is 0 Å². The highest BCUT2D eigenvalue weighted by molar-refractivity contribution is 6.31. The number of amides is 2. The van der Waals surface area contributed by atoms with E-state index < -0.39 is 0 Å². The monoisotopic (exact) mass is 334 g/mol. The van der Waals surface area contributed by atoms with Crippen molar-refractivity contribution >= 4 is 17.6 Å². The summed E-state index contributed by atoms with van der Waals surface area (Å²) in [7, 11) is 0. The average molecular weight is 335 g/mol. The van der Waals surface area contributed by atoms with Gasteiger partial charge in [-0.05, 0) is 19.9 Å². The molecule has 23 heavy (non-hydrogen) atoms. The molecule has 0 bridgehead atoms.